The van der Waals surface area contributed by atoms with Crippen molar-refractivity contribution in [3.8, 4) is 5.75 Å². The molecule has 2 aromatic carbocycles. The number of rotatable bonds is 6. The number of Topliss-reactive ketones (excluding diaryl/α,β-unsaturated/α-hetero) is 1. The predicted molar refractivity (Wildman–Crippen MR) is 105 cm³/mol. The van der Waals surface area contributed by atoms with Gasteiger partial charge in [-0.15, -0.1) is 0 Å². The fourth-order valence-electron chi connectivity index (χ4n) is 3.41. The number of ether oxygens (including phenoxy) is 1. The Morgan fingerprint density at radius 3 is 2.48 bits per heavy atom. The number of nitro groups is 1. The molecule has 1 atom stereocenters. The maximum atomic E-state index is 12.8. The summed E-state index contributed by atoms with van der Waals surface area (Å²) in [5.41, 5.74) is 0.421. The predicted octanol–water partition coefficient (Wildman–Crippen LogP) is 3.44. The highest BCUT2D eigenvalue weighted by Gasteiger charge is 2.45. The smallest absolute Gasteiger partial charge is 0.295 e. The first-order valence-corrected chi connectivity index (χ1v) is 9.06. The van der Waals surface area contributed by atoms with Crippen molar-refractivity contribution in [1.82, 2.24) is 4.90 Å². The monoisotopic (exact) mass is 396 g/mol. The highest BCUT2D eigenvalue weighted by molar-refractivity contribution is 6.46. The van der Waals surface area contributed by atoms with Gasteiger partial charge in [-0.1, -0.05) is 31.2 Å². The lowest BCUT2D eigenvalue weighted by Crippen LogP contribution is -2.30. The summed E-state index contributed by atoms with van der Waals surface area (Å²) in [5.74, 6) is -1.35. The second kappa shape index (κ2) is 8.14. The summed E-state index contributed by atoms with van der Waals surface area (Å²) in [7, 11) is 1.53. The molecule has 150 valence electrons. The van der Waals surface area contributed by atoms with Crippen LogP contribution >= 0.6 is 0 Å². The van der Waals surface area contributed by atoms with E-state index in [0.717, 1.165) is 0 Å². The molecule has 8 heteroatoms. The van der Waals surface area contributed by atoms with E-state index in [2.05, 4.69) is 0 Å². The normalized spacial score (nSPS) is 18.1. The van der Waals surface area contributed by atoms with Crippen molar-refractivity contribution in [3.05, 3.63) is 75.3 Å². The van der Waals surface area contributed by atoms with Crippen LogP contribution in [0.5, 0.6) is 5.75 Å². The number of methoxy groups -OCH3 is 1. The van der Waals surface area contributed by atoms with E-state index < -0.39 is 28.4 Å². The van der Waals surface area contributed by atoms with Crippen LogP contribution in [0.25, 0.3) is 5.76 Å². The summed E-state index contributed by atoms with van der Waals surface area (Å²) in [6, 6.07) is 11.4. The minimum Gasteiger partial charge on any atom is -0.507 e. The number of ketones is 1. The molecule has 8 nitrogen and oxygen atoms in total. The molecule has 1 aliphatic heterocycles. The summed E-state index contributed by atoms with van der Waals surface area (Å²) in [4.78, 5) is 37.3. The molecule has 1 amide bonds. The first-order valence-electron chi connectivity index (χ1n) is 9.06. The van der Waals surface area contributed by atoms with Crippen molar-refractivity contribution >= 4 is 23.1 Å². The van der Waals surface area contributed by atoms with E-state index in [1.165, 1.54) is 36.3 Å². The number of hydrogen-bond donors (Lipinski definition) is 1. The van der Waals surface area contributed by atoms with E-state index in [4.69, 9.17) is 4.74 Å². The van der Waals surface area contributed by atoms with E-state index >= 15 is 0 Å². The van der Waals surface area contributed by atoms with Crippen molar-refractivity contribution < 1.29 is 24.4 Å². The molecule has 1 saturated heterocycles. The number of non-ortho nitro benzene ring substituents is 1. The topological polar surface area (TPSA) is 110 Å². The quantitative estimate of drug-likeness (QED) is 0.263. The third kappa shape index (κ3) is 3.69. The van der Waals surface area contributed by atoms with Gasteiger partial charge in [0.15, 0.2) is 0 Å². The molecule has 1 heterocycles. The molecule has 1 N–H and O–H groups in total. The standard InChI is InChI=1S/C21H20N2O6/c1-3-11-22-18(13-7-9-16(29-2)10-8-13)17(20(25)21(22)26)19(24)14-5-4-6-15(12-14)23(27)28/h4-10,12,18,24H,3,11H2,1-2H3/b19-17-. The van der Waals surface area contributed by atoms with Crippen LogP contribution in [0, 0.1) is 10.1 Å². The van der Waals surface area contributed by atoms with Gasteiger partial charge in [-0.25, -0.2) is 0 Å². The van der Waals surface area contributed by atoms with Crippen molar-refractivity contribution in [2.24, 2.45) is 0 Å². The van der Waals surface area contributed by atoms with Gasteiger partial charge in [0.25, 0.3) is 17.4 Å². The molecule has 2 aromatic rings. The zero-order valence-electron chi connectivity index (χ0n) is 16.0. The highest BCUT2D eigenvalue weighted by atomic mass is 16.6. The third-order valence-electron chi connectivity index (χ3n) is 4.77. The minimum absolute atomic E-state index is 0.0888. The van der Waals surface area contributed by atoms with Gasteiger partial charge >= 0.3 is 0 Å². The molecule has 1 unspecified atom stereocenters. The third-order valence-corrected chi connectivity index (χ3v) is 4.77. The Labute approximate surface area is 167 Å². The lowest BCUT2D eigenvalue weighted by molar-refractivity contribution is -0.384. The first-order chi connectivity index (χ1) is 13.9. The Balaban J connectivity index is 2.18. The molecule has 1 aliphatic rings. The molecular weight excluding hydrogens is 376 g/mol. The molecule has 1 fully saturated rings. The number of aliphatic hydroxyl groups excluding tert-OH is 1. The van der Waals surface area contributed by atoms with Gasteiger partial charge in [-0.2, -0.15) is 0 Å². The second-order valence-electron chi connectivity index (χ2n) is 6.57. The summed E-state index contributed by atoms with van der Waals surface area (Å²) in [5, 5.41) is 21.9. The summed E-state index contributed by atoms with van der Waals surface area (Å²) in [6.45, 7) is 2.21. The summed E-state index contributed by atoms with van der Waals surface area (Å²) < 4.78 is 5.15. The first kappa shape index (κ1) is 20.1. The van der Waals surface area contributed by atoms with Crippen LogP contribution in [0.3, 0.4) is 0 Å². The highest BCUT2D eigenvalue weighted by Crippen LogP contribution is 2.40. The number of likely N-dealkylation sites (tertiary alicyclic amines) is 1. The van der Waals surface area contributed by atoms with Gasteiger partial charge < -0.3 is 14.7 Å². The van der Waals surface area contributed by atoms with E-state index in [1.54, 1.807) is 24.3 Å². The maximum absolute atomic E-state index is 12.8. The van der Waals surface area contributed by atoms with Crippen LogP contribution in [0.15, 0.2) is 54.1 Å². The van der Waals surface area contributed by atoms with Crippen molar-refractivity contribution in [3.63, 3.8) is 0 Å². The number of hydrogen-bond acceptors (Lipinski definition) is 6. The van der Waals surface area contributed by atoms with E-state index in [1.807, 2.05) is 6.92 Å². The zero-order valence-corrected chi connectivity index (χ0v) is 16.0. The lowest BCUT2D eigenvalue weighted by atomic mass is 9.95. The van der Waals surface area contributed by atoms with Crippen LogP contribution in [-0.2, 0) is 9.59 Å². The van der Waals surface area contributed by atoms with Crippen molar-refractivity contribution in [2.75, 3.05) is 13.7 Å². The van der Waals surface area contributed by atoms with Gasteiger partial charge in [-0.05, 0) is 24.1 Å². The second-order valence-corrected chi connectivity index (χ2v) is 6.57. The number of carbonyl (C=O) groups excluding carboxylic acids is 2. The lowest BCUT2D eigenvalue weighted by Gasteiger charge is -2.25. The average molecular weight is 396 g/mol. The number of carbonyl (C=O) groups is 2. The van der Waals surface area contributed by atoms with Crippen molar-refractivity contribution in [1.29, 1.82) is 0 Å². The fraction of sp³-hybridized carbons (Fsp3) is 0.238. The van der Waals surface area contributed by atoms with Crippen molar-refractivity contribution in [2.45, 2.75) is 19.4 Å². The van der Waals surface area contributed by atoms with Gasteiger partial charge in [-0.3, -0.25) is 19.7 Å². The molecule has 3 rings (SSSR count). The molecular formula is C21H20N2O6. The number of amides is 1. The fourth-order valence-corrected chi connectivity index (χ4v) is 3.41. The summed E-state index contributed by atoms with van der Waals surface area (Å²) >= 11 is 0. The Morgan fingerprint density at radius 1 is 1.21 bits per heavy atom. The average Bonchev–Trinajstić information content (AvgIpc) is 2.98. The van der Waals surface area contributed by atoms with Crippen LogP contribution < -0.4 is 4.74 Å². The molecule has 0 bridgehead atoms. The number of nitro benzene ring substituents is 1. The number of nitrogens with zero attached hydrogens (tertiary/aromatic N) is 2. The van der Waals surface area contributed by atoms with E-state index in [9.17, 15) is 24.8 Å². The summed E-state index contributed by atoms with van der Waals surface area (Å²) in [6.07, 6.45) is 0.622. The largest absolute Gasteiger partial charge is 0.507 e. The van der Waals surface area contributed by atoms with Crippen LogP contribution in [0.1, 0.15) is 30.5 Å². The Kier molecular flexibility index (Phi) is 5.63. The zero-order chi connectivity index (χ0) is 21.1. The molecule has 0 aliphatic carbocycles. The van der Waals surface area contributed by atoms with Gasteiger partial charge in [0.05, 0.1) is 23.6 Å². The Hall–Kier alpha value is -3.68. The SMILES string of the molecule is CCCN1C(=O)C(=O)/C(=C(\O)c2cccc([N+](=O)[O-])c2)C1c1ccc(OC)cc1. The van der Waals surface area contributed by atoms with Crippen LogP contribution in [0.4, 0.5) is 5.69 Å². The molecule has 0 saturated carbocycles. The van der Waals surface area contributed by atoms with E-state index in [-0.39, 0.29) is 16.8 Å². The van der Waals surface area contributed by atoms with Gasteiger partial charge in [0, 0.05) is 24.2 Å². The minimum atomic E-state index is -0.816. The van der Waals surface area contributed by atoms with Crippen LogP contribution in [-0.4, -0.2) is 40.3 Å². The molecule has 29 heavy (non-hydrogen) atoms. The molecule has 0 radical (unpaired) electrons. The molecule has 0 spiro atoms. The van der Waals surface area contributed by atoms with Gasteiger partial charge in [0.1, 0.15) is 11.5 Å². The Morgan fingerprint density at radius 2 is 1.90 bits per heavy atom. The maximum Gasteiger partial charge on any atom is 0.295 e. The van der Waals surface area contributed by atoms with E-state index in [0.29, 0.717) is 24.3 Å². The number of benzene rings is 2. The van der Waals surface area contributed by atoms with Gasteiger partial charge in [0.2, 0.25) is 0 Å². The molecule has 0 aromatic heterocycles. The Bertz CT molecular complexity index is 996. The van der Waals surface area contributed by atoms with Crippen LogP contribution in [0.2, 0.25) is 0 Å². The number of aliphatic hydroxyl groups is 1.